The Balaban J connectivity index is 1.73. The molecule has 234 valence electrons. The van der Waals surface area contributed by atoms with Crippen molar-refractivity contribution in [2.24, 2.45) is 11.5 Å². The maximum absolute atomic E-state index is 14.5. The van der Waals surface area contributed by atoms with Crippen LogP contribution in [0.25, 0.3) is 10.8 Å². The zero-order valence-corrected chi connectivity index (χ0v) is 26.2. The van der Waals surface area contributed by atoms with Crippen LogP contribution in [0.5, 0.6) is 0 Å². The number of fused-ring (bicyclic) bond motifs is 1. The minimum absolute atomic E-state index is 0.210. The molecule has 0 aromatic heterocycles. The van der Waals surface area contributed by atoms with E-state index in [4.69, 9.17) is 11.5 Å². The van der Waals surface area contributed by atoms with E-state index in [1.54, 1.807) is 32.3 Å². The van der Waals surface area contributed by atoms with Crippen LogP contribution >= 0.6 is 0 Å². The van der Waals surface area contributed by atoms with Gasteiger partial charge in [0.2, 0.25) is 17.7 Å². The average molecular weight is 608 g/mol. The second-order valence-electron chi connectivity index (χ2n) is 11.5. The standard InChI is InChI=1S/C36H41N5O4/c1-24(37)28-15-10-16-30(22-28)34(43)40(3)32(21-26-17-18-27-13-8-9-14-29(27)19-26)36(45)41(4)31(20-25-11-6-5-7-12-25)35(44)39(2)23-33(38)42/h5-19,22,24,31-32H,20-21,23,37H2,1-4H3,(H2,38,42)/t24-,31-,32-/m1/s1. The number of benzene rings is 4. The molecule has 4 amide bonds. The van der Waals surface area contributed by atoms with Gasteiger partial charge in [-0.25, -0.2) is 0 Å². The van der Waals surface area contributed by atoms with E-state index in [0.29, 0.717) is 5.56 Å². The van der Waals surface area contributed by atoms with Crippen molar-refractivity contribution in [2.75, 3.05) is 27.7 Å². The van der Waals surface area contributed by atoms with Crippen molar-refractivity contribution in [3.8, 4) is 0 Å². The van der Waals surface area contributed by atoms with E-state index in [9.17, 15) is 19.2 Å². The van der Waals surface area contributed by atoms with Crippen molar-refractivity contribution in [3.05, 3.63) is 119 Å². The minimum atomic E-state index is -0.951. The van der Waals surface area contributed by atoms with Crippen LogP contribution in [0.4, 0.5) is 0 Å². The summed E-state index contributed by atoms with van der Waals surface area (Å²) < 4.78 is 0. The van der Waals surface area contributed by atoms with Gasteiger partial charge in [0, 0.05) is 45.6 Å². The minimum Gasteiger partial charge on any atom is -0.368 e. The summed E-state index contributed by atoms with van der Waals surface area (Å²) in [5.41, 5.74) is 14.4. The smallest absolute Gasteiger partial charge is 0.254 e. The number of hydrogen-bond donors (Lipinski definition) is 2. The Kier molecular flexibility index (Phi) is 10.7. The molecule has 9 nitrogen and oxygen atoms in total. The lowest BCUT2D eigenvalue weighted by molar-refractivity contribution is -0.146. The van der Waals surface area contributed by atoms with Crippen LogP contribution in [0.2, 0.25) is 0 Å². The van der Waals surface area contributed by atoms with Crippen LogP contribution in [0.15, 0.2) is 97.1 Å². The molecule has 0 saturated carbocycles. The first-order valence-electron chi connectivity index (χ1n) is 14.9. The lowest BCUT2D eigenvalue weighted by Crippen LogP contribution is -2.56. The molecule has 4 N–H and O–H groups in total. The van der Waals surface area contributed by atoms with Crippen LogP contribution in [0.3, 0.4) is 0 Å². The highest BCUT2D eigenvalue weighted by molar-refractivity contribution is 5.99. The number of amides is 4. The van der Waals surface area contributed by atoms with Crippen molar-refractivity contribution in [3.63, 3.8) is 0 Å². The van der Waals surface area contributed by atoms with E-state index in [0.717, 1.165) is 27.5 Å². The van der Waals surface area contributed by atoms with Gasteiger partial charge in [-0.15, -0.1) is 0 Å². The van der Waals surface area contributed by atoms with Crippen molar-refractivity contribution >= 4 is 34.4 Å². The Morgan fingerprint density at radius 1 is 0.667 bits per heavy atom. The van der Waals surface area contributed by atoms with Crippen molar-refractivity contribution < 1.29 is 19.2 Å². The van der Waals surface area contributed by atoms with Gasteiger partial charge in [-0.3, -0.25) is 19.2 Å². The lowest BCUT2D eigenvalue weighted by Gasteiger charge is -2.36. The Labute approximate surface area is 264 Å². The predicted octanol–water partition coefficient (Wildman–Crippen LogP) is 3.56. The fraction of sp³-hybridized carbons (Fsp3) is 0.278. The topological polar surface area (TPSA) is 130 Å². The summed E-state index contributed by atoms with van der Waals surface area (Å²) in [6.07, 6.45) is 0.425. The van der Waals surface area contributed by atoms with Gasteiger partial charge in [0.25, 0.3) is 5.91 Å². The molecule has 9 heteroatoms. The summed E-state index contributed by atoms with van der Waals surface area (Å²) in [6, 6.07) is 28.1. The second kappa shape index (κ2) is 14.6. The van der Waals surface area contributed by atoms with Gasteiger partial charge in [-0.05, 0) is 46.5 Å². The van der Waals surface area contributed by atoms with Gasteiger partial charge >= 0.3 is 0 Å². The average Bonchev–Trinajstić information content (AvgIpc) is 3.04. The zero-order valence-electron chi connectivity index (χ0n) is 26.2. The van der Waals surface area contributed by atoms with Crippen molar-refractivity contribution in [1.29, 1.82) is 0 Å². The second-order valence-corrected chi connectivity index (χ2v) is 11.5. The normalized spacial score (nSPS) is 13.0. The Hall–Kier alpha value is -5.02. The molecule has 0 fully saturated rings. The molecular formula is C36H41N5O4. The summed E-state index contributed by atoms with van der Waals surface area (Å²) in [6.45, 7) is 1.55. The number of hydrogen-bond acceptors (Lipinski definition) is 5. The number of nitrogens with two attached hydrogens (primary N) is 2. The number of nitrogens with zero attached hydrogens (tertiary/aromatic N) is 3. The third-order valence-electron chi connectivity index (χ3n) is 8.12. The van der Waals surface area contributed by atoms with E-state index < -0.39 is 29.8 Å². The monoisotopic (exact) mass is 607 g/mol. The maximum Gasteiger partial charge on any atom is 0.254 e. The van der Waals surface area contributed by atoms with E-state index in [1.807, 2.05) is 85.8 Å². The van der Waals surface area contributed by atoms with Gasteiger partial charge in [0.05, 0.1) is 6.54 Å². The van der Waals surface area contributed by atoms with E-state index in [1.165, 1.54) is 21.7 Å². The zero-order chi connectivity index (χ0) is 32.7. The van der Waals surface area contributed by atoms with Gasteiger partial charge in [-0.1, -0.05) is 84.9 Å². The van der Waals surface area contributed by atoms with E-state index in [-0.39, 0.29) is 31.3 Å². The number of carbonyl (C=O) groups is 4. The van der Waals surface area contributed by atoms with Gasteiger partial charge in [0.1, 0.15) is 12.1 Å². The molecule has 45 heavy (non-hydrogen) atoms. The third-order valence-corrected chi connectivity index (χ3v) is 8.12. The number of rotatable bonds is 12. The first kappa shape index (κ1) is 32.9. The van der Waals surface area contributed by atoms with Crippen LogP contribution in [0, 0.1) is 0 Å². The summed E-state index contributed by atoms with van der Waals surface area (Å²) in [5, 5.41) is 2.07. The summed E-state index contributed by atoms with van der Waals surface area (Å²) in [7, 11) is 4.65. The quantitative estimate of drug-likeness (QED) is 0.254. The molecule has 3 atom stereocenters. The summed E-state index contributed by atoms with van der Waals surface area (Å²) in [5.74, 6) is -1.85. The SMILES string of the molecule is C[C@@H](N)c1cccc(C(=O)N(C)[C@H](Cc2ccc3ccccc3c2)C(=O)N(C)[C@H](Cc2ccccc2)C(=O)N(C)CC(N)=O)c1. The highest BCUT2D eigenvalue weighted by Gasteiger charge is 2.36. The maximum atomic E-state index is 14.5. The fourth-order valence-corrected chi connectivity index (χ4v) is 5.46. The van der Waals surface area contributed by atoms with Crippen molar-refractivity contribution in [1.82, 2.24) is 14.7 Å². The van der Waals surface area contributed by atoms with Crippen molar-refractivity contribution in [2.45, 2.75) is 37.9 Å². The van der Waals surface area contributed by atoms with E-state index >= 15 is 0 Å². The molecule has 0 heterocycles. The molecule has 0 saturated heterocycles. The number of primary amides is 1. The molecule has 0 aliphatic heterocycles. The molecule has 0 aliphatic carbocycles. The first-order chi connectivity index (χ1) is 21.5. The van der Waals surface area contributed by atoms with Crippen LogP contribution in [-0.2, 0) is 27.2 Å². The molecule has 0 aliphatic rings. The van der Waals surface area contributed by atoms with Crippen LogP contribution in [-0.4, -0.2) is 78.1 Å². The predicted molar refractivity (Wildman–Crippen MR) is 176 cm³/mol. The van der Waals surface area contributed by atoms with Crippen LogP contribution in [0.1, 0.15) is 40.0 Å². The van der Waals surface area contributed by atoms with Crippen LogP contribution < -0.4 is 11.5 Å². The molecule has 4 rings (SSSR count). The molecule has 0 radical (unpaired) electrons. The lowest BCUT2D eigenvalue weighted by atomic mass is 9.97. The fourth-order valence-electron chi connectivity index (χ4n) is 5.46. The molecule has 0 spiro atoms. The Morgan fingerprint density at radius 2 is 1.29 bits per heavy atom. The van der Waals surface area contributed by atoms with Gasteiger partial charge < -0.3 is 26.2 Å². The highest BCUT2D eigenvalue weighted by Crippen LogP contribution is 2.22. The van der Waals surface area contributed by atoms with Gasteiger partial charge in [-0.2, -0.15) is 0 Å². The Morgan fingerprint density at radius 3 is 1.96 bits per heavy atom. The number of carbonyl (C=O) groups excluding carboxylic acids is 4. The molecule has 4 aromatic carbocycles. The van der Waals surface area contributed by atoms with Gasteiger partial charge in [0.15, 0.2) is 0 Å². The number of likely N-dealkylation sites (N-methyl/N-ethyl adjacent to an activating group) is 3. The Bertz CT molecular complexity index is 1670. The van der Waals surface area contributed by atoms with E-state index in [2.05, 4.69) is 0 Å². The summed E-state index contributed by atoms with van der Waals surface area (Å²) >= 11 is 0. The summed E-state index contributed by atoms with van der Waals surface area (Å²) in [4.78, 5) is 57.8. The molecule has 4 aromatic rings. The third kappa shape index (κ3) is 8.13. The molecular weight excluding hydrogens is 566 g/mol. The largest absolute Gasteiger partial charge is 0.368 e. The molecule has 0 unspecified atom stereocenters. The molecule has 0 bridgehead atoms. The first-order valence-corrected chi connectivity index (χ1v) is 14.9. The highest BCUT2D eigenvalue weighted by atomic mass is 16.2.